The van der Waals surface area contributed by atoms with Crippen molar-refractivity contribution in [3.8, 4) is 5.75 Å². The largest absolute Gasteiger partial charge is 0.707 e. The Hall–Kier alpha value is -1.27. The minimum atomic E-state index is -1.95. The predicted molar refractivity (Wildman–Crippen MR) is 51.5 cm³/mol. The number of hydrogen-bond donors (Lipinski definition) is 2. The molecular formula is C8H11BFNO3. The summed E-state index contributed by atoms with van der Waals surface area (Å²) in [6, 6.07) is 4.16. The number of rotatable bonds is 3. The molecule has 0 bridgehead atoms. The van der Waals surface area contributed by atoms with Gasteiger partial charge in [-0.25, -0.2) is 4.39 Å². The lowest BCUT2D eigenvalue weighted by Crippen LogP contribution is -2.23. The number of para-hydroxylation sites is 1. The molecule has 4 nitrogen and oxygen atoms in total. The Labute approximate surface area is 81.7 Å². The summed E-state index contributed by atoms with van der Waals surface area (Å²) < 4.78 is 17.9. The predicted octanol–water partition coefficient (Wildman–Crippen LogP) is 0.240. The molecule has 0 unspecified atom stereocenters. The summed E-state index contributed by atoms with van der Waals surface area (Å²) in [4.78, 5) is 1.49. The monoisotopic (exact) mass is 199 g/mol. The fourth-order valence-corrected chi connectivity index (χ4v) is 1.14. The SMILES string of the molecule is CN(C)c1c(F)cccc1OB(O)O. The van der Waals surface area contributed by atoms with Crippen molar-refractivity contribution < 1.29 is 19.1 Å². The number of halogens is 1. The molecule has 1 rings (SSSR count). The second-order valence-corrected chi connectivity index (χ2v) is 2.93. The molecule has 0 saturated carbocycles. The van der Waals surface area contributed by atoms with Crippen molar-refractivity contribution in [1.29, 1.82) is 0 Å². The first-order valence-corrected chi connectivity index (χ1v) is 4.01. The molecule has 0 radical (unpaired) electrons. The van der Waals surface area contributed by atoms with Gasteiger partial charge in [0.15, 0.2) is 0 Å². The van der Waals surface area contributed by atoms with Crippen molar-refractivity contribution in [3.63, 3.8) is 0 Å². The lowest BCUT2D eigenvalue weighted by atomic mass is 10.2. The molecule has 0 atom stereocenters. The van der Waals surface area contributed by atoms with Crippen molar-refractivity contribution in [1.82, 2.24) is 0 Å². The highest BCUT2D eigenvalue weighted by Crippen LogP contribution is 2.29. The summed E-state index contributed by atoms with van der Waals surface area (Å²) in [5, 5.41) is 17.2. The van der Waals surface area contributed by atoms with Gasteiger partial charge in [0.2, 0.25) is 0 Å². The Kier molecular flexibility index (Phi) is 3.32. The van der Waals surface area contributed by atoms with Crippen LogP contribution in [-0.2, 0) is 0 Å². The summed E-state index contributed by atoms with van der Waals surface area (Å²) in [6.07, 6.45) is 0. The van der Waals surface area contributed by atoms with Gasteiger partial charge in [-0.15, -0.1) is 0 Å². The minimum absolute atomic E-state index is 0.0880. The van der Waals surface area contributed by atoms with Gasteiger partial charge in [-0.05, 0) is 12.1 Å². The van der Waals surface area contributed by atoms with Crippen LogP contribution in [0.2, 0.25) is 0 Å². The lowest BCUT2D eigenvalue weighted by molar-refractivity contribution is 0.288. The van der Waals surface area contributed by atoms with Gasteiger partial charge >= 0.3 is 7.32 Å². The van der Waals surface area contributed by atoms with Crippen LogP contribution in [-0.4, -0.2) is 31.5 Å². The normalized spacial score (nSPS) is 9.79. The fraction of sp³-hybridized carbons (Fsp3) is 0.250. The van der Waals surface area contributed by atoms with E-state index in [0.29, 0.717) is 0 Å². The topological polar surface area (TPSA) is 52.9 Å². The molecule has 1 aromatic rings. The summed E-state index contributed by atoms with van der Waals surface area (Å²) in [7, 11) is 1.32. The molecule has 0 amide bonds. The van der Waals surface area contributed by atoms with Gasteiger partial charge in [0.05, 0.1) is 0 Å². The van der Waals surface area contributed by atoms with Crippen LogP contribution in [0.1, 0.15) is 0 Å². The molecule has 76 valence electrons. The number of hydrogen-bond acceptors (Lipinski definition) is 4. The highest BCUT2D eigenvalue weighted by Gasteiger charge is 2.17. The molecule has 0 saturated heterocycles. The third-order valence-electron chi connectivity index (χ3n) is 1.63. The van der Waals surface area contributed by atoms with Crippen LogP contribution < -0.4 is 9.55 Å². The van der Waals surface area contributed by atoms with E-state index in [1.54, 1.807) is 14.1 Å². The molecule has 0 aliphatic carbocycles. The van der Waals surface area contributed by atoms with Crippen molar-refractivity contribution >= 4 is 13.0 Å². The van der Waals surface area contributed by atoms with Crippen molar-refractivity contribution in [2.45, 2.75) is 0 Å². The van der Waals surface area contributed by atoms with Gasteiger partial charge in [-0.1, -0.05) is 6.07 Å². The number of nitrogens with zero attached hydrogens (tertiary/aromatic N) is 1. The molecule has 6 heteroatoms. The van der Waals surface area contributed by atoms with E-state index < -0.39 is 13.1 Å². The summed E-state index contributed by atoms with van der Waals surface area (Å²) >= 11 is 0. The highest BCUT2D eigenvalue weighted by molar-refractivity contribution is 6.34. The molecule has 2 N–H and O–H groups in total. The van der Waals surface area contributed by atoms with E-state index in [0.717, 1.165) is 0 Å². The first kappa shape index (κ1) is 10.8. The zero-order valence-electron chi connectivity index (χ0n) is 7.94. The third-order valence-corrected chi connectivity index (χ3v) is 1.63. The van der Waals surface area contributed by atoms with E-state index in [9.17, 15) is 4.39 Å². The Morgan fingerprint density at radius 1 is 1.36 bits per heavy atom. The van der Waals surface area contributed by atoms with Gasteiger partial charge in [0, 0.05) is 14.1 Å². The van der Waals surface area contributed by atoms with Crippen LogP contribution >= 0.6 is 0 Å². The maximum Gasteiger partial charge on any atom is 0.707 e. The van der Waals surface area contributed by atoms with Crippen molar-refractivity contribution in [3.05, 3.63) is 24.0 Å². The van der Waals surface area contributed by atoms with Crippen molar-refractivity contribution in [2.24, 2.45) is 0 Å². The smallest absolute Gasteiger partial charge is 0.510 e. The van der Waals surface area contributed by atoms with Gasteiger partial charge in [-0.2, -0.15) is 0 Å². The second kappa shape index (κ2) is 4.30. The summed E-state index contributed by atoms with van der Waals surface area (Å²) in [5.74, 6) is -0.391. The fourth-order valence-electron chi connectivity index (χ4n) is 1.14. The lowest BCUT2D eigenvalue weighted by Gasteiger charge is -2.18. The molecule has 0 spiro atoms. The van der Waals surface area contributed by atoms with E-state index in [1.807, 2.05) is 0 Å². The van der Waals surface area contributed by atoms with Gasteiger partial charge in [-0.3, -0.25) is 0 Å². The van der Waals surface area contributed by atoms with Crippen molar-refractivity contribution in [2.75, 3.05) is 19.0 Å². The average Bonchev–Trinajstić information content (AvgIpc) is 2.01. The summed E-state index contributed by atoms with van der Waals surface area (Å²) in [6.45, 7) is 0. The van der Waals surface area contributed by atoms with E-state index in [2.05, 4.69) is 4.65 Å². The number of anilines is 1. The average molecular weight is 199 g/mol. The highest BCUT2D eigenvalue weighted by atomic mass is 19.1. The quantitative estimate of drug-likeness (QED) is 0.684. The van der Waals surface area contributed by atoms with Crippen LogP contribution in [0, 0.1) is 5.82 Å². The zero-order valence-corrected chi connectivity index (χ0v) is 7.94. The minimum Gasteiger partial charge on any atom is -0.510 e. The Morgan fingerprint density at radius 2 is 2.00 bits per heavy atom. The maximum absolute atomic E-state index is 13.3. The van der Waals surface area contributed by atoms with E-state index in [1.165, 1.54) is 23.1 Å². The number of benzene rings is 1. The molecule has 0 fully saturated rings. The summed E-state index contributed by atoms with van der Waals surface area (Å²) in [5.41, 5.74) is 0.181. The Balaban J connectivity index is 3.08. The van der Waals surface area contributed by atoms with Gasteiger partial charge in [0.25, 0.3) is 0 Å². The zero-order chi connectivity index (χ0) is 10.7. The van der Waals surface area contributed by atoms with Gasteiger partial charge in [0.1, 0.15) is 17.3 Å². The second-order valence-electron chi connectivity index (χ2n) is 2.93. The molecule has 0 aromatic heterocycles. The Bertz CT molecular complexity index is 319. The van der Waals surface area contributed by atoms with Crippen LogP contribution in [0.5, 0.6) is 5.75 Å². The van der Waals surface area contributed by atoms with Crippen LogP contribution in [0.25, 0.3) is 0 Å². The molecule has 14 heavy (non-hydrogen) atoms. The molecule has 0 aliphatic heterocycles. The molecule has 0 aliphatic rings. The maximum atomic E-state index is 13.3. The molecule has 1 aromatic carbocycles. The van der Waals surface area contributed by atoms with Crippen LogP contribution in [0.4, 0.5) is 10.1 Å². The van der Waals surface area contributed by atoms with Crippen LogP contribution in [0.3, 0.4) is 0 Å². The van der Waals surface area contributed by atoms with Gasteiger partial charge < -0.3 is 19.6 Å². The first-order valence-electron chi connectivity index (χ1n) is 4.01. The first-order chi connectivity index (χ1) is 6.52. The van der Waals surface area contributed by atoms with E-state index >= 15 is 0 Å². The molecular weight excluding hydrogens is 188 g/mol. The van der Waals surface area contributed by atoms with Crippen LogP contribution in [0.15, 0.2) is 18.2 Å². The van der Waals surface area contributed by atoms with E-state index in [4.69, 9.17) is 10.0 Å². The third kappa shape index (κ3) is 2.37. The van der Waals surface area contributed by atoms with E-state index in [-0.39, 0.29) is 11.4 Å². The molecule has 0 heterocycles. The standard InChI is InChI=1S/C8H11BFNO3/c1-11(2)8-6(10)4-3-5-7(8)14-9(12)13/h3-5,12-13H,1-2H3. The Morgan fingerprint density at radius 3 is 2.50 bits per heavy atom.